The van der Waals surface area contributed by atoms with E-state index in [0.29, 0.717) is 12.7 Å². The van der Waals surface area contributed by atoms with Crippen LogP contribution >= 0.6 is 0 Å². The first-order valence-corrected chi connectivity index (χ1v) is 11.8. The molecule has 1 aromatic carbocycles. The number of aldehydes is 1. The van der Waals surface area contributed by atoms with Crippen molar-refractivity contribution in [1.82, 2.24) is 10.6 Å². The highest BCUT2D eigenvalue weighted by Gasteiger charge is 2.21. The third-order valence-corrected chi connectivity index (χ3v) is 4.27. The Morgan fingerprint density at radius 3 is 1.91 bits per heavy atom. The number of amides is 1. The van der Waals surface area contributed by atoms with Crippen LogP contribution in [0.5, 0.6) is 5.75 Å². The highest BCUT2D eigenvalue weighted by Crippen LogP contribution is 2.15. The highest BCUT2D eigenvalue weighted by atomic mass is 16.6. The van der Waals surface area contributed by atoms with Crippen molar-refractivity contribution in [2.45, 2.75) is 98.6 Å². The minimum atomic E-state index is -0.553. The molecule has 0 spiro atoms. The fourth-order valence-corrected chi connectivity index (χ4v) is 2.63. The molecule has 2 N–H and O–H groups in total. The summed E-state index contributed by atoms with van der Waals surface area (Å²) in [6.45, 7) is 16.7. The topological polar surface area (TPSA) is 103 Å². The molecule has 0 heterocycles. The van der Waals surface area contributed by atoms with Crippen LogP contribution in [0, 0.1) is 5.92 Å². The van der Waals surface area contributed by atoms with Gasteiger partial charge in [0.25, 0.3) is 0 Å². The van der Waals surface area contributed by atoms with Gasteiger partial charge in [0.05, 0.1) is 18.2 Å². The molecule has 0 fully saturated rings. The van der Waals surface area contributed by atoms with Gasteiger partial charge in [0, 0.05) is 0 Å². The molecule has 8 heteroatoms. The minimum Gasteiger partial charge on any atom is -0.491 e. The van der Waals surface area contributed by atoms with Gasteiger partial charge in [0.2, 0.25) is 0 Å². The number of hydrogen-bond donors (Lipinski definition) is 2. The second kappa shape index (κ2) is 15.3. The number of carbonyl (C=O) groups excluding carboxylic acids is 3. The number of hydrogen-bond acceptors (Lipinski definition) is 7. The maximum absolute atomic E-state index is 11.9. The molecule has 0 saturated carbocycles. The first-order chi connectivity index (χ1) is 15.7. The van der Waals surface area contributed by atoms with Gasteiger partial charge in [-0.25, -0.2) is 4.79 Å². The first-order valence-electron chi connectivity index (χ1n) is 11.8. The monoisotopic (exact) mass is 480 g/mol. The van der Waals surface area contributed by atoms with Gasteiger partial charge in [-0.2, -0.15) is 0 Å². The van der Waals surface area contributed by atoms with Crippen molar-refractivity contribution in [2.75, 3.05) is 7.05 Å². The molecule has 1 rings (SSSR count). The second-order valence-corrected chi connectivity index (χ2v) is 9.89. The van der Waals surface area contributed by atoms with Crippen LogP contribution in [-0.2, 0) is 25.5 Å². The van der Waals surface area contributed by atoms with E-state index in [9.17, 15) is 14.4 Å². The van der Waals surface area contributed by atoms with E-state index in [4.69, 9.17) is 14.2 Å². The predicted molar refractivity (Wildman–Crippen MR) is 134 cm³/mol. The molecule has 0 aliphatic rings. The molecular formula is C26H44N2O6. The average molecular weight is 481 g/mol. The van der Waals surface area contributed by atoms with E-state index in [1.165, 1.54) is 0 Å². The SMILES string of the molecule is CC(C)C(C=O)NC(=O)OC(C)(C)C.CNC(Cc1ccc(OC(C)C)cc1)C(=O)OC(C)C. The van der Waals surface area contributed by atoms with Crippen LogP contribution in [0.3, 0.4) is 0 Å². The van der Waals surface area contributed by atoms with Gasteiger partial charge >= 0.3 is 12.1 Å². The lowest BCUT2D eigenvalue weighted by Gasteiger charge is -2.22. The van der Waals surface area contributed by atoms with Gasteiger partial charge in [-0.15, -0.1) is 0 Å². The largest absolute Gasteiger partial charge is 0.491 e. The van der Waals surface area contributed by atoms with Crippen molar-refractivity contribution in [2.24, 2.45) is 5.92 Å². The van der Waals surface area contributed by atoms with Crippen molar-refractivity contribution >= 4 is 18.3 Å². The molecular weight excluding hydrogens is 436 g/mol. The van der Waals surface area contributed by atoms with Crippen LogP contribution in [0.25, 0.3) is 0 Å². The van der Waals surface area contributed by atoms with Crippen molar-refractivity contribution in [3.8, 4) is 5.75 Å². The van der Waals surface area contributed by atoms with E-state index < -0.39 is 17.7 Å². The molecule has 8 nitrogen and oxygen atoms in total. The van der Waals surface area contributed by atoms with Crippen LogP contribution in [0.15, 0.2) is 24.3 Å². The summed E-state index contributed by atoms with van der Waals surface area (Å²) in [5, 5.41) is 5.49. The molecule has 0 saturated heterocycles. The summed E-state index contributed by atoms with van der Waals surface area (Å²) in [5.41, 5.74) is 0.537. The van der Waals surface area contributed by atoms with Gasteiger partial charge in [-0.05, 0) is 85.5 Å². The molecule has 0 aliphatic carbocycles. The molecule has 2 unspecified atom stereocenters. The Labute approximate surface area is 205 Å². The first kappa shape index (κ1) is 31.4. The van der Waals surface area contributed by atoms with E-state index >= 15 is 0 Å². The molecule has 0 aromatic heterocycles. The van der Waals surface area contributed by atoms with Crippen LogP contribution in [0.4, 0.5) is 4.79 Å². The van der Waals surface area contributed by atoms with Gasteiger partial charge in [-0.1, -0.05) is 26.0 Å². The molecule has 0 radical (unpaired) electrons. The van der Waals surface area contributed by atoms with Crippen molar-refractivity contribution in [1.29, 1.82) is 0 Å². The lowest BCUT2D eigenvalue weighted by molar-refractivity contribution is -0.149. The summed E-state index contributed by atoms with van der Waals surface area (Å²) in [6.07, 6.45) is 0.828. The molecule has 194 valence electrons. The number of likely N-dealkylation sites (N-methyl/N-ethyl adjacent to an activating group) is 1. The van der Waals surface area contributed by atoms with E-state index in [2.05, 4.69) is 10.6 Å². The molecule has 1 aromatic rings. The fraction of sp³-hybridized carbons (Fsp3) is 0.654. The number of ether oxygens (including phenoxy) is 3. The lowest BCUT2D eigenvalue weighted by atomic mass is 10.1. The standard InChI is InChI=1S/C16H25NO3.C10H19NO3/c1-11(2)19-14-8-6-13(7-9-14)10-15(17-5)16(18)20-12(3)4;1-7(2)8(6-12)11-9(13)14-10(3,4)5/h6-9,11-12,15,17H,10H2,1-5H3;6-8H,1-5H3,(H,11,13). The molecule has 34 heavy (non-hydrogen) atoms. The number of rotatable bonds is 10. The zero-order valence-corrected chi connectivity index (χ0v) is 22.4. The number of esters is 1. The molecule has 1 amide bonds. The summed E-state index contributed by atoms with van der Waals surface area (Å²) in [4.78, 5) is 33.7. The molecule has 0 aliphatic heterocycles. The summed E-state index contributed by atoms with van der Waals surface area (Å²) in [7, 11) is 1.77. The number of alkyl carbamates (subject to hydrolysis) is 1. The summed E-state index contributed by atoms with van der Waals surface area (Å²) >= 11 is 0. The average Bonchev–Trinajstić information content (AvgIpc) is 2.69. The molecule has 2 atom stereocenters. The smallest absolute Gasteiger partial charge is 0.408 e. The highest BCUT2D eigenvalue weighted by molar-refractivity contribution is 5.76. The third kappa shape index (κ3) is 14.5. The van der Waals surface area contributed by atoms with Crippen molar-refractivity contribution in [3.05, 3.63) is 29.8 Å². The van der Waals surface area contributed by atoms with Gasteiger partial charge < -0.3 is 29.6 Å². The Morgan fingerprint density at radius 1 is 0.971 bits per heavy atom. The Kier molecular flexibility index (Phi) is 14.1. The number of carbonyl (C=O) groups is 3. The maximum Gasteiger partial charge on any atom is 0.408 e. The zero-order valence-electron chi connectivity index (χ0n) is 22.4. The van der Waals surface area contributed by atoms with Gasteiger partial charge in [-0.3, -0.25) is 4.79 Å². The normalized spacial score (nSPS) is 13.0. The second-order valence-electron chi connectivity index (χ2n) is 9.89. The van der Waals surface area contributed by atoms with Crippen LogP contribution in [0.1, 0.15) is 67.9 Å². The molecule has 0 bridgehead atoms. The predicted octanol–water partition coefficient (Wildman–Crippen LogP) is 4.29. The Balaban J connectivity index is 0.000000686. The lowest BCUT2D eigenvalue weighted by Crippen LogP contribution is -2.42. The Hall–Kier alpha value is -2.61. The maximum atomic E-state index is 11.9. The minimum absolute atomic E-state index is 0.0695. The Bertz CT molecular complexity index is 739. The van der Waals surface area contributed by atoms with Crippen LogP contribution < -0.4 is 15.4 Å². The third-order valence-electron chi connectivity index (χ3n) is 4.27. The van der Waals surface area contributed by atoms with Gasteiger partial charge in [0.15, 0.2) is 0 Å². The van der Waals surface area contributed by atoms with E-state index in [1.807, 2.05) is 65.8 Å². The van der Waals surface area contributed by atoms with E-state index in [0.717, 1.165) is 11.3 Å². The summed E-state index contributed by atoms with van der Waals surface area (Å²) < 4.78 is 15.8. The Morgan fingerprint density at radius 2 is 1.53 bits per heavy atom. The summed E-state index contributed by atoms with van der Waals surface area (Å²) in [6, 6.07) is 7.00. The van der Waals surface area contributed by atoms with Crippen LogP contribution in [0.2, 0.25) is 0 Å². The summed E-state index contributed by atoms with van der Waals surface area (Å²) in [5.74, 6) is 0.694. The number of nitrogens with one attached hydrogen (secondary N) is 2. The van der Waals surface area contributed by atoms with E-state index in [-0.39, 0.29) is 30.1 Å². The quantitative estimate of drug-likeness (QED) is 0.380. The van der Waals surface area contributed by atoms with Gasteiger partial charge in [0.1, 0.15) is 23.7 Å². The van der Waals surface area contributed by atoms with Crippen molar-refractivity contribution < 1.29 is 28.6 Å². The number of benzene rings is 1. The van der Waals surface area contributed by atoms with Crippen molar-refractivity contribution in [3.63, 3.8) is 0 Å². The fourth-order valence-electron chi connectivity index (χ4n) is 2.63. The van der Waals surface area contributed by atoms with Crippen LogP contribution in [-0.4, -0.2) is 55.3 Å². The zero-order chi connectivity index (χ0) is 26.5. The van der Waals surface area contributed by atoms with E-state index in [1.54, 1.807) is 27.8 Å².